The molecule has 5 heteroatoms. The first kappa shape index (κ1) is 14.8. The lowest BCUT2D eigenvalue weighted by Crippen LogP contribution is -2.40. The summed E-state index contributed by atoms with van der Waals surface area (Å²) < 4.78 is 5.45. The van der Waals surface area contributed by atoms with Gasteiger partial charge in [0.15, 0.2) is 5.82 Å². The molecule has 1 aliphatic heterocycles. The highest BCUT2D eigenvalue weighted by atomic mass is 16.5. The van der Waals surface area contributed by atoms with Crippen LogP contribution < -0.4 is 15.4 Å². The van der Waals surface area contributed by atoms with Gasteiger partial charge in [-0.25, -0.2) is 0 Å². The van der Waals surface area contributed by atoms with Crippen LogP contribution in [0.3, 0.4) is 0 Å². The molecule has 0 amide bonds. The Morgan fingerprint density at radius 1 is 1.09 bits per heavy atom. The third-order valence-corrected chi connectivity index (χ3v) is 3.98. The lowest BCUT2D eigenvalue weighted by molar-refractivity contribution is 0.340. The van der Waals surface area contributed by atoms with Gasteiger partial charge in [0.1, 0.15) is 5.75 Å². The Balaban J connectivity index is 1.70. The topological polar surface area (TPSA) is 64.3 Å². The molecule has 0 atom stereocenters. The first-order valence-corrected chi connectivity index (χ1v) is 7.84. The normalized spacial score (nSPS) is 15.8. The highest BCUT2D eigenvalue weighted by Gasteiger charge is 2.17. The lowest BCUT2D eigenvalue weighted by Gasteiger charge is -2.30. The molecule has 3 rings (SSSR count). The zero-order chi connectivity index (χ0) is 15.4. The molecule has 1 fully saturated rings. The van der Waals surface area contributed by atoms with E-state index in [1.807, 2.05) is 43.3 Å². The molecule has 2 N–H and O–H groups in total. The van der Waals surface area contributed by atoms with Crippen molar-refractivity contribution in [1.29, 1.82) is 0 Å². The minimum Gasteiger partial charge on any atom is -0.494 e. The van der Waals surface area contributed by atoms with Crippen LogP contribution in [0.15, 0.2) is 36.4 Å². The van der Waals surface area contributed by atoms with Crippen LogP contribution in [-0.2, 0) is 0 Å². The van der Waals surface area contributed by atoms with Gasteiger partial charge in [0.2, 0.25) is 0 Å². The van der Waals surface area contributed by atoms with Crippen LogP contribution in [0.1, 0.15) is 19.8 Å². The molecule has 0 saturated carbocycles. The first-order valence-electron chi connectivity index (χ1n) is 7.84. The maximum absolute atomic E-state index is 5.94. The second-order valence-corrected chi connectivity index (χ2v) is 5.56. The van der Waals surface area contributed by atoms with Crippen LogP contribution in [0.5, 0.6) is 5.75 Å². The Hall–Kier alpha value is -2.14. The summed E-state index contributed by atoms with van der Waals surface area (Å²) in [5, 5.41) is 8.72. The molecule has 1 saturated heterocycles. The van der Waals surface area contributed by atoms with E-state index < -0.39 is 0 Å². The van der Waals surface area contributed by atoms with Gasteiger partial charge >= 0.3 is 0 Å². The quantitative estimate of drug-likeness (QED) is 0.939. The highest BCUT2D eigenvalue weighted by molar-refractivity contribution is 5.60. The number of nitrogens with zero attached hydrogens (tertiary/aromatic N) is 3. The Kier molecular flexibility index (Phi) is 4.53. The molecule has 1 aliphatic rings. The predicted molar refractivity (Wildman–Crippen MR) is 88.1 cm³/mol. The number of ether oxygens (including phenoxy) is 1. The molecule has 2 heterocycles. The molecule has 0 aliphatic carbocycles. The van der Waals surface area contributed by atoms with Crippen LogP contribution in [0.25, 0.3) is 11.3 Å². The van der Waals surface area contributed by atoms with Crippen molar-refractivity contribution < 1.29 is 4.74 Å². The third kappa shape index (κ3) is 3.36. The number of hydrogen-bond donors (Lipinski definition) is 1. The van der Waals surface area contributed by atoms with E-state index >= 15 is 0 Å². The minimum atomic E-state index is 0.326. The number of rotatable bonds is 4. The molecule has 2 aromatic rings. The van der Waals surface area contributed by atoms with Gasteiger partial charge < -0.3 is 15.4 Å². The Labute approximate surface area is 131 Å². The maximum atomic E-state index is 5.94. The van der Waals surface area contributed by atoms with Crippen molar-refractivity contribution in [1.82, 2.24) is 10.2 Å². The molecule has 0 unspecified atom stereocenters. The minimum absolute atomic E-state index is 0.326. The molecule has 116 valence electrons. The molecule has 1 aromatic carbocycles. The average molecular weight is 298 g/mol. The zero-order valence-electron chi connectivity index (χ0n) is 12.9. The Morgan fingerprint density at radius 3 is 2.41 bits per heavy atom. The van der Waals surface area contributed by atoms with Crippen LogP contribution in [0.4, 0.5) is 5.82 Å². The summed E-state index contributed by atoms with van der Waals surface area (Å²) in [5.74, 6) is 1.81. The number of piperidine rings is 1. The maximum Gasteiger partial charge on any atom is 0.151 e. The second-order valence-electron chi connectivity index (χ2n) is 5.56. The van der Waals surface area contributed by atoms with Crippen molar-refractivity contribution >= 4 is 5.82 Å². The van der Waals surface area contributed by atoms with Gasteiger partial charge in [-0.3, -0.25) is 0 Å². The molecular formula is C17H22N4O. The van der Waals surface area contributed by atoms with Crippen LogP contribution in [0, 0.1) is 0 Å². The van der Waals surface area contributed by atoms with Gasteiger partial charge in [-0.2, -0.15) is 0 Å². The van der Waals surface area contributed by atoms with E-state index in [1.54, 1.807) is 0 Å². The number of nitrogens with two attached hydrogens (primary N) is 1. The fourth-order valence-electron chi connectivity index (χ4n) is 2.66. The molecule has 5 nitrogen and oxygen atoms in total. The van der Waals surface area contributed by atoms with E-state index in [2.05, 4.69) is 15.1 Å². The van der Waals surface area contributed by atoms with E-state index in [0.29, 0.717) is 12.6 Å². The van der Waals surface area contributed by atoms with Gasteiger partial charge in [0.25, 0.3) is 0 Å². The van der Waals surface area contributed by atoms with Gasteiger partial charge in [-0.05, 0) is 56.2 Å². The molecule has 0 bridgehead atoms. The fraction of sp³-hybridized carbons (Fsp3) is 0.412. The summed E-state index contributed by atoms with van der Waals surface area (Å²) in [4.78, 5) is 2.25. The van der Waals surface area contributed by atoms with Gasteiger partial charge in [0, 0.05) is 24.7 Å². The van der Waals surface area contributed by atoms with Gasteiger partial charge in [0.05, 0.1) is 12.3 Å². The van der Waals surface area contributed by atoms with Crippen molar-refractivity contribution in [3.8, 4) is 17.0 Å². The summed E-state index contributed by atoms with van der Waals surface area (Å²) in [6, 6.07) is 12.3. The van der Waals surface area contributed by atoms with Crippen molar-refractivity contribution in [3.63, 3.8) is 0 Å². The molecule has 22 heavy (non-hydrogen) atoms. The molecule has 0 spiro atoms. The van der Waals surface area contributed by atoms with Crippen molar-refractivity contribution in [3.05, 3.63) is 36.4 Å². The van der Waals surface area contributed by atoms with Gasteiger partial charge in [-0.1, -0.05) is 0 Å². The summed E-state index contributed by atoms with van der Waals surface area (Å²) in [5.41, 5.74) is 7.86. The van der Waals surface area contributed by atoms with Crippen LogP contribution in [0.2, 0.25) is 0 Å². The second kappa shape index (κ2) is 6.75. The van der Waals surface area contributed by atoms with E-state index in [-0.39, 0.29) is 0 Å². The number of anilines is 1. The largest absolute Gasteiger partial charge is 0.494 e. The number of hydrogen-bond acceptors (Lipinski definition) is 5. The van der Waals surface area contributed by atoms with E-state index in [1.165, 1.54) is 0 Å². The monoisotopic (exact) mass is 298 g/mol. The van der Waals surface area contributed by atoms with E-state index in [0.717, 1.165) is 48.8 Å². The number of benzene rings is 1. The summed E-state index contributed by atoms with van der Waals surface area (Å²) in [6.07, 6.45) is 2.03. The summed E-state index contributed by atoms with van der Waals surface area (Å²) >= 11 is 0. The highest BCUT2D eigenvalue weighted by Crippen LogP contribution is 2.22. The Morgan fingerprint density at radius 2 is 1.82 bits per heavy atom. The number of aromatic nitrogens is 2. The standard InChI is InChI=1S/C17H22N4O/c1-2-22-15-5-3-13(4-6-15)16-7-8-17(20-19-16)21-11-9-14(18)10-12-21/h3-8,14H,2,9-12,18H2,1H3. The summed E-state index contributed by atoms with van der Waals surface area (Å²) in [6.45, 7) is 4.56. The van der Waals surface area contributed by atoms with Crippen molar-refractivity contribution in [2.75, 3.05) is 24.6 Å². The van der Waals surface area contributed by atoms with E-state index in [9.17, 15) is 0 Å². The first-order chi connectivity index (χ1) is 10.8. The molecule has 0 radical (unpaired) electrons. The molecule has 1 aromatic heterocycles. The lowest BCUT2D eigenvalue weighted by atomic mass is 10.1. The smallest absolute Gasteiger partial charge is 0.151 e. The summed E-state index contributed by atoms with van der Waals surface area (Å²) in [7, 11) is 0. The third-order valence-electron chi connectivity index (χ3n) is 3.98. The van der Waals surface area contributed by atoms with Crippen molar-refractivity contribution in [2.45, 2.75) is 25.8 Å². The van der Waals surface area contributed by atoms with Crippen LogP contribution in [-0.4, -0.2) is 35.9 Å². The SMILES string of the molecule is CCOc1ccc(-c2ccc(N3CCC(N)CC3)nn2)cc1. The zero-order valence-corrected chi connectivity index (χ0v) is 12.9. The fourth-order valence-corrected chi connectivity index (χ4v) is 2.66. The van der Waals surface area contributed by atoms with Gasteiger partial charge in [-0.15, -0.1) is 10.2 Å². The van der Waals surface area contributed by atoms with Crippen molar-refractivity contribution in [2.24, 2.45) is 5.73 Å². The molecular weight excluding hydrogens is 276 g/mol. The van der Waals surface area contributed by atoms with E-state index in [4.69, 9.17) is 10.5 Å². The average Bonchev–Trinajstić information content (AvgIpc) is 2.57. The Bertz CT molecular complexity index is 589. The predicted octanol–water partition coefficient (Wildman–Crippen LogP) is 2.47. The van der Waals surface area contributed by atoms with Crippen LogP contribution >= 0.6 is 0 Å².